The molecule has 27 heavy (non-hydrogen) atoms. The number of rotatable bonds is 7. The third kappa shape index (κ3) is 5.43. The molecule has 2 fully saturated rings. The van der Waals surface area contributed by atoms with E-state index in [-0.39, 0.29) is 24.2 Å². The Balaban J connectivity index is 0.00000261. The van der Waals surface area contributed by atoms with Crippen LogP contribution in [0.5, 0.6) is 0 Å². The molecule has 0 radical (unpaired) electrons. The number of ether oxygens (including phenoxy) is 1. The summed E-state index contributed by atoms with van der Waals surface area (Å²) >= 11 is 0. The minimum absolute atomic E-state index is 0. The molecule has 1 saturated heterocycles. The highest BCUT2D eigenvalue weighted by atomic mass is 35.5. The first-order chi connectivity index (χ1) is 12.5. The molecule has 0 aromatic heterocycles. The fourth-order valence-corrected chi connectivity index (χ4v) is 3.66. The summed E-state index contributed by atoms with van der Waals surface area (Å²) in [6.45, 7) is 4.36. The predicted octanol–water partition coefficient (Wildman–Crippen LogP) is 2.57. The smallest absolute Gasteiger partial charge is 0.233 e. The largest absolute Gasteiger partial charge is 0.384 e. The molecule has 1 heterocycles. The molecule has 1 aliphatic heterocycles. The molecule has 2 aliphatic rings. The number of carbonyl (C=O) groups excluding carboxylic acids is 2. The molecule has 1 aromatic carbocycles. The summed E-state index contributed by atoms with van der Waals surface area (Å²) < 4.78 is 5.33. The van der Waals surface area contributed by atoms with Gasteiger partial charge in [0.2, 0.25) is 11.8 Å². The Morgan fingerprint density at radius 3 is 2.37 bits per heavy atom. The lowest BCUT2D eigenvalue weighted by Gasteiger charge is -2.35. The van der Waals surface area contributed by atoms with Crippen LogP contribution in [0.1, 0.15) is 38.2 Å². The lowest BCUT2D eigenvalue weighted by molar-refractivity contribution is -0.131. The number of piperidine rings is 1. The number of carbonyl (C=O) groups is 2. The maximum Gasteiger partial charge on any atom is 0.233 e. The molecular formula is C20H30ClN3O3. The minimum Gasteiger partial charge on any atom is -0.384 e. The zero-order chi connectivity index (χ0) is 18.6. The van der Waals surface area contributed by atoms with Crippen LogP contribution in [0, 0.1) is 5.41 Å². The van der Waals surface area contributed by atoms with Crippen molar-refractivity contribution in [3.05, 3.63) is 29.8 Å². The first kappa shape index (κ1) is 21.7. The topological polar surface area (TPSA) is 70.7 Å². The second-order valence-electron chi connectivity index (χ2n) is 7.49. The van der Waals surface area contributed by atoms with Gasteiger partial charge >= 0.3 is 0 Å². The standard InChI is InChI=1S/C20H29N3O3.ClH/c1-15(24)23(18-7-8-18)13-16-3-5-17(6-4-16)22-19(25)20(14-26-2)9-11-21-12-10-20;/h3-6,18,21H,7-14H2,1-2H3,(H,22,25);1H. The first-order valence-corrected chi connectivity index (χ1v) is 9.41. The van der Waals surface area contributed by atoms with Gasteiger partial charge in [-0.25, -0.2) is 0 Å². The number of amides is 2. The zero-order valence-corrected chi connectivity index (χ0v) is 16.9. The SMILES string of the molecule is COCC1(C(=O)Nc2ccc(CN(C(C)=O)C3CC3)cc2)CCNCC1.Cl. The molecule has 7 heteroatoms. The van der Waals surface area contributed by atoms with Gasteiger partial charge < -0.3 is 20.3 Å². The van der Waals surface area contributed by atoms with E-state index < -0.39 is 5.41 Å². The molecule has 6 nitrogen and oxygen atoms in total. The summed E-state index contributed by atoms with van der Waals surface area (Å²) in [4.78, 5) is 26.6. The van der Waals surface area contributed by atoms with Gasteiger partial charge in [0.15, 0.2) is 0 Å². The zero-order valence-electron chi connectivity index (χ0n) is 16.1. The van der Waals surface area contributed by atoms with E-state index in [9.17, 15) is 9.59 Å². The van der Waals surface area contributed by atoms with E-state index in [1.54, 1.807) is 14.0 Å². The van der Waals surface area contributed by atoms with Crippen LogP contribution in [-0.4, -0.2) is 49.6 Å². The Hall–Kier alpha value is -1.63. The minimum atomic E-state index is -0.462. The third-order valence-electron chi connectivity index (χ3n) is 5.42. The van der Waals surface area contributed by atoms with Gasteiger partial charge in [-0.1, -0.05) is 12.1 Å². The molecule has 0 atom stereocenters. The van der Waals surface area contributed by atoms with Crippen molar-refractivity contribution in [2.75, 3.05) is 32.1 Å². The Kier molecular flexibility index (Phi) is 7.65. The van der Waals surface area contributed by atoms with Crippen molar-refractivity contribution in [3.8, 4) is 0 Å². The number of benzene rings is 1. The van der Waals surface area contributed by atoms with Gasteiger partial charge in [0.25, 0.3) is 0 Å². The molecule has 1 aliphatic carbocycles. The second-order valence-corrected chi connectivity index (χ2v) is 7.49. The van der Waals surface area contributed by atoms with Crippen molar-refractivity contribution in [3.63, 3.8) is 0 Å². The Bertz CT molecular complexity index is 635. The van der Waals surface area contributed by atoms with E-state index in [1.807, 2.05) is 29.2 Å². The molecule has 1 saturated carbocycles. The van der Waals surface area contributed by atoms with Crippen LogP contribution in [0.15, 0.2) is 24.3 Å². The molecule has 0 spiro atoms. The van der Waals surface area contributed by atoms with Gasteiger partial charge in [0.1, 0.15) is 0 Å². The fourth-order valence-electron chi connectivity index (χ4n) is 3.66. The summed E-state index contributed by atoms with van der Waals surface area (Å²) in [6, 6.07) is 8.21. The van der Waals surface area contributed by atoms with E-state index in [0.29, 0.717) is 19.2 Å². The van der Waals surface area contributed by atoms with Crippen LogP contribution in [-0.2, 0) is 20.9 Å². The van der Waals surface area contributed by atoms with Crippen LogP contribution in [0.2, 0.25) is 0 Å². The molecule has 0 unspecified atom stereocenters. The number of hydrogen-bond acceptors (Lipinski definition) is 4. The van der Waals surface area contributed by atoms with Crippen molar-refractivity contribution in [1.82, 2.24) is 10.2 Å². The Morgan fingerprint density at radius 1 is 1.22 bits per heavy atom. The number of nitrogens with one attached hydrogen (secondary N) is 2. The van der Waals surface area contributed by atoms with Gasteiger partial charge in [-0.2, -0.15) is 0 Å². The summed E-state index contributed by atoms with van der Waals surface area (Å²) in [6.07, 6.45) is 3.76. The van der Waals surface area contributed by atoms with Gasteiger partial charge in [0, 0.05) is 32.3 Å². The highest BCUT2D eigenvalue weighted by Gasteiger charge is 2.39. The number of halogens is 1. The number of methoxy groups -OCH3 is 1. The average Bonchev–Trinajstić information content (AvgIpc) is 3.46. The summed E-state index contributed by atoms with van der Waals surface area (Å²) in [7, 11) is 1.65. The number of hydrogen-bond donors (Lipinski definition) is 2. The van der Waals surface area contributed by atoms with Gasteiger partial charge in [0.05, 0.1) is 12.0 Å². The molecule has 2 N–H and O–H groups in total. The molecule has 1 aromatic rings. The normalized spacial score (nSPS) is 18.3. The maximum atomic E-state index is 12.9. The van der Waals surface area contributed by atoms with Crippen molar-refractivity contribution in [1.29, 1.82) is 0 Å². The van der Waals surface area contributed by atoms with Crippen LogP contribution in [0.25, 0.3) is 0 Å². The summed E-state index contributed by atoms with van der Waals surface area (Å²) in [5, 5.41) is 6.35. The van der Waals surface area contributed by atoms with E-state index >= 15 is 0 Å². The number of anilines is 1. The molecule has 3 rings (SSSR count). The van der Waals surface area contributed by atoms with Crippen molar-refractivity contribution < 1.29 is 14.3 Å². The van der Waals surface area contributed by atoms with Gasteiger partial charge in [-0.3, -0.25) is 9.59 Å². The van der Waals surface area contributed by atoms with E-state index in [4.69, 9.17) is 4.74 Å². The van der Waals surface area contributed by atoms with Crippen molar-refractivity contribution >= 4 is 29.9 Å². The highest BCUT2D eigenvalue weighted by Crippen LogP contribution is 2.31. The lowest BCUT2D eigenvalue weighted by Crippen LogP contribution is -2.47. The van der Waals surface area contributed by atoms with Crippen molar-refractivity contribution in [2.24, 2.45) is 5.41 Å². The monoisotopic (exact) mass is 395 g/mol. The van der Waals surface area contributed by atoms with E-state index in [1.165, 1.54) is 0 Å². The number of nitrogens with zero attached hydrogens (tertiary/aromatic N) is 1. The Morgan fingerprint density at radius 2 is 1.85 bits per heavy atom. The molecule has 2 amide bonds. The highest BCUT2D eigenvalue weighted by molar-refractivity contribution is 5.95. The molecular weight excluding hydrogens is 366 g/mol. The van der Waals surface area contributed by atoms with E-state index in [2.05, 4.69) is 10.6 Å². The van der Waals surface area contributed by atoms with Crippen LogP contribution in [0.3, 0.4) is 0 Å². The lowest BCUT2D eigenvalue weighted by atomic mass is 9.78. The second kappa shape index (κ2) is 9.53. The summed E-state index contributed by atoms with van der Waals surface area (Å²) in [5.41, 5.74) is 1.41. The Labute approximate surface area is 167 Å². The van der Waals surface area contributed by atoms with Crippen molar-refractivity contribution in [2.45, 2.75) is 45.2 Å². The third-order valence-corrected chi connectivity index (χ3v) is 5.42. The maximum absolute atomic E-state index is 12.9. The molecule has 0 bridgehead atoms. The van der Waals surface area contributed by atoms with Crippen LogP contribution in [0.4, 0.5) is 5.69 Å². The summed E-state index contributed by atoms with van der Waals surface area (Å²) in [5.74, 6) is 0.147. The predicted molar refractivity (Wildman–Crippen MR) is 108 cm³/mol. The fraction of sp³-hybridized carbons (Fsp3) is 0.600. The van der Waals surface area contributed by atoms with E-state index in [0.717, 1.165) is 50.0 Å². The quantitative estimate of drug-likeness (QED) is 0.744. The van der Waals surface area contributed by atoms with Crippen LogP contribution < -0.4 is 10.6 Å². The van der Waals surface area contributed by atoms with Gasteiger partial charge in [-0.15, -0.1) is 12.4 Å². The molecule has 150 valence electrons. The average molecular weight is 396 g/mol. The first-order valence-electron chi connectivity index (χ1n) is 9.41. The van der Waals surface area contributed by atoms with Gasteiger partial charge in [-0.05, 0) is 56.5 Å². The van der Waals surface area contributed by atoms with Crippen LogP contribution >= 0.6 is 12.4 Å².